The maximum atomic E-state index is 12.4. The Labute approximate surface area is 117 Å². The largest absolute Gasteiger partial charge is 0.467 e. The van der Waals surface area contributed by atoms with E-state index in [0.717, 1.165) is 10.9 Å². The molecule has 1 amide bonds. The van der Waals surface area contributed by atoms with Crippen LogP contribution in [0.2, 0.25) is 0 Å². The molecule has 0 saturated heterocycles. The summed E-state index contributed by atoms with van der Waals surface area (Å²) >= 11 is 0. The van der Waals surface area contributed by atoms with Gasteiger partial charge in [-0.2, -0.15) is 0 Å². The van der Waals surface area contributed by atoms with E-state index in [1.54, 1.807) is 12.3 Å². The van der Waals surface area contributed by atoms with Crippen LogP contribution in [0.1, 0.15) is 24.2 Å². The molecular weight excluding hydrogens is 256 g/mol. The van der Waals surface area contributed by atoms with E-state index < -0.39 is 12.0 Å². The summed E-state index contributed by atoms with van der Waals surface area (Å²) in [5, 5.41) is 3.69. The van der Waals surface area contributed by atoms with E-state index in [2.05, 4.69) is 10.3 Å². The van der Waals surface area contributed by atoms with E-state index in [9.17, 15) is 9.59 Å². The van der Waals surface area contributed by atoms with Crippen LogP contribution in [0.5, 0.6) is 0 Å². The smallest absolute Gasteiger partial charge is 0.328 e. The Bertz CT molecular complexity index is 631. The standard InChI is InChI=1S/C15H18N2O3/c1-9(2)12(15(19)20-3)17-14(18)11-6-4-5-10-7-8-16-13(10)11/h4-9,12,16H,1-3H3,(H,17,18)/t12-/m0/s1. The highest BCUT2D eigenvalue weighted by molar-refractivity contribution is 6.06. The molecule has 0 radical (unpaired) electrons. The number of hydrogen-bond donors (Lipinski definition) is 2. The van der Waals surface area contributed by atoms with Crippen LogP contribution in [-0.2, 0) is 9.53 Å². The third-order valence-corrected chi connectivity index (χ3v) is 3.24. The highest BCUT2D eigenvalue weighted by Crippen LogP contribution is 2.17. The molecule has 0 spiro atoms. The molecule has 106 valence electrons. The second-order valence-electron chi connectivity index (χ2n) is 4.97. The lowest BCUT2D eigenvalue weighted by Crippen LogP contribution is -2.45. The average Bonchev–Trinajstić information content (AvgIpc) is 2.91. The number of amides is 1. The number of benzene rings is 1. The van der Waals surface area contributed by atoms with Gasteiger partial charge in [-0.1, -0.05) is 26.0 Å². The van der Waals surface area contributed by atoms with Crippen LogP contribution in [0.4, 0.5) is 0 Å². The number of aromatic amines is 1. The number of esters is 1. The van der Waals surface area contributed by atoms with Crippen molar-refractivity contribution < 1.29 is 14.3 Å². The Morgan fingerprint density at radius 2 is 2.00 bits per heavy atom. The fraction of sp³-hybridized carbons (Fsp3) is 0.333. The highest BCUT2D eigenvalue weighted by atomic mass is 16.5. The number of H-pyrrole nitrogens is 1. The summed E-state index contributed by atoms with van der Waals surface area (Å²) in [7, 11) is 1.32. The van der Waals surface area contributed by atoms with E-state index in [1.807, 2.05) is 32.0 Å². The fourth-order valence-electron chi connectivity index (χ4n) is 2.12. The monoisotopic (exact) mass is 274 g/mol. The molecule has 20 heavy (non-hydrogen) atoms. The molecule has 1 aromatic heterocycles. The molecule has 0 bridgehead atoms. The zero-order valence-electron chi connectivity index (χ0n) is 11.8. The van der Waals surface area contributed by atoms with Gasteiger partial charge in [-0.25, -0.2) is 4.79 Å². The van der Waals surface area contributed by atoms with E-state index in [-0.39, 0.29) is 11.8 Å². The first-order chi connectivity index (χ1) is 9.54. The molecule has 2 N–H and O–H groups in total. The number of fused-ring (bicyclic) bond motifs is 1. The molecule has 0 saturated carbocycles. The van der Waals surface area contributed by atoms with E-state index in [1.165, 1.54) is 7.11 Å². The first-order valence-electron chi connectivity index (χ1n) is 6.49. The Kier molecular flexibility index (Phi) is 4.08. The molecule has 1 heterocycles. The van der Waals surface area contributed by atoms with Crippen molar-refractivity contribution in [3.8, 4) is 0 Å². The van der Waals surface area contributed by atoms with Crippen molar-refractivity contribution in [1.82, 2.24) is 10.3 Å². The van der Waals surface area contributed by atoms with Gasteiger partial charge in [-0.3, -0.25) is 4.79 Å². The van der Waals surface area contributed by atoms with Crippen molar-refractivity contribution in [3.63, 3.8) is 0 Å². The van der Waals surface area contributed by atoms with Crippen LogP contribution < -0.4 is 5.32 Å². The molecule has 0 aliphatic carbocycles. The van der Waals surface area contributed by atoms with Crippen molar-refractivity contribution >= 4 is 22.8 Å². The predicted octanol–water partition coefficient (Wildman–Crippen LogP) is 2.10. The number of methoxy groups -OCH3 is 1. The van der Waals surface area contributed by atoms with Crippen LogP contribution in [0.3, 0.4) is 0 Å². The van der Waals surface area contributed by atoms with Gasteiger partial charge >= 0.3 is 5.97 Å². The molecule has 0 fully saturated rings. The maximum absolute atomic E-state index is 12.4. The summed E-state index contributed by atoms with van der Waals surface area (Å²) in [5.41, 5.74) is 1.28. The van der Waals surface area contributed by atoms with Crippen LogP contribution in [0.25, 0.3) is 10.9 Å². The lowest BCUT2D eigenvalue weighted by atomic mass is 10.0. The molecule has 1 atom stereocenters. The third-order valence-electron chi connectivity index (χ3n) is 3.24. The van der Waals surface area contributed by atoms with Crippen molar-refractivity contribution in [1.29, 1.82) is 0 Å². The minimum absolute atomic E-state index is 0.0470. The van der Waals surface area contributed by atoms with E-state index in [4.69, 9.17) is 4.74 Å². The van der Waals surface area contributed by atoms with Gasteiger partial charge in [-0.15, -0.1) is 0 Å². The molecule has 0 aliphatic rings. The lowest BCUT2D eigenvalue weighted by Gasteiger charge is -2.19. The number of rotatable bonds is 4. The van der Waals surface area contributed by atoms with Crippen LogP contribution in [0.15, 0.2) is 30.5 Å². The van der Waals surface area contributed by atoms with E-state index >= 15 is 0 Å². The second kappa shape index (κ2) is 5.77. The number of ether oxygens (including phenoxy) is 1. The van der Waals surface area contributed by atoms with Crippen LogP contribution >= 0.6 is 0 Å². The van der Waals surface area contributed by atoms with Gasteiger partial charge in [0.05, 0.1) is 18.2 Å². The minimum atomic E-state index is -0.655. The van der Waals surface area contributed by atoms with Gasteiger partial charge in [0.25, 0.3) is 5.91 Å². The third kappa shape index (κ3) is 2.66. The molecule has 0 aliphatic heterocycles. The molecule has 1 aromatic carbocycles. The Balaban J connectivity index is 2.27. The number of para-hydroxylation sites is 1. The van der Waals surface area contributed by atoms with Crippen molar-refractivity contribution in [2.75, 3.05) is 7.11 Å². The lowest BCUT2D eigenvalue weighted by molar-refractivity contribution is -0.144. The fourth-order valence-corrected chi connectivity index (χ4v) is 2.12. The zero-order valence-corrected chi connectivity index (χ0v) is 11.8. The summed E-state index contributed by atoms with van der Waals surface area (Å²) < 4.78 is 4.72. The van der Waals surface area contributed by atoms with E-state index in [0.29, 0.717) is 5.56 Å². The number of carbonyl (C=O) groups excluding carboxylic acids is 2. The Morgan fingerprint density at radius 3 is 2.65 bits per heavy atom. The number of aromatic nitrogens is 1. The summed E-state index contributed by atoms with van der Waals surface area (Å²) in [6.45, 7) is 3.72. The summed E-state index contributed by atoms with van der Waals surface area (Å²) in [5.74, 6) is -0.775. The summed E-state index contributed by atoms with van der Waals surface area (Å²) in [4.78, 5) is 27.1. The van der Waals surface area contributed by atoms with Gasteiger partial charge in [0.15, 0.2) is 0 Å². The summed E-state index contributed by atoms with van der Waals surface area (Å²) in [6, 6.07) is 6.70. The van der Waals surface area contributed by atoms with Gasteiger partial charge in [0.2, 0.25) is 0 Å². The predicted molar refractivity (Wildman–Crippen MR) is 76.4 cm³/mol. The first kappa shape index (κ1) is 14.1. The van der Waals surface area contributed by atoms with Gasteiger partial charge in [0, 0.05) is 11.6 Å². The van der Waals surface area contributed by atoms with Gasteiger partial charge < -0.3 is 15.0 Å². The first-order valence-corrected chi connectivity index (χ1v) is 6.49. The van der Waals surface area contributed by atoms with Crippen molar-refractivity contribution in [2.24, 2.45) is 5.92 Å². The summed E-state index contributed by atoms with van der Waals surface area (Å²) in [6.07, 6.45) is 1.78. The molecule has 2 aromatic rings. The van der Waals surface area contributed by atoms with Gasteiger partial charge in [0.1, 0.15) is 6.04 Å². The Morgan fingerprint density at radius 1 is 1.25 bits per heavy atom. The zero-order chi connectivity index (χ0) is 14.7. The van der Waals surface area contributed by atoms with Crippen molar-refractivity contribution in [2.45, 2.75) is 19.9 Å². The average molecular weight is 274 g/mol. The maximum Gasteiger partial charge on any atom is 0.328 e. The normalized spacial score (nSPS) is 12.4. The van der Waals surface area contributed by atoms with Crippen LogP contribution in [0, 0.1) is 5.92 Å². The number of hydrogen-bond acceptors (Lipinski definition) is 3. The quantitative estimate of drug-likeness (QED) is 0.839. The molecule has 2 rings (SSSR count). The molecule has 5 heteroatoms. The van der Waals surface area contributed by atoms with Crippen LogP contribution in [-0.4, -0.2) is 30.0 Å². The van der Waals surface area contributed by atoms with Gasteiger partial charge in [-0.05, 0) is 18.1 Å². The molecule has 0 unspecified atom stereocenters. The minimum Gasteiger partial charge on any atom is -0.467 e. The number of nitrogens with one attached hydrogen (secondary N) is 2. The van der Waals surface area contributed by atoms with Crippen molar-refractivity contribution in [3.05, 3.63) is 36.0 Å². The second-order valence-corrected chi connectivity index (χ2v) is 4.97. The molecule has 5 nitrogen and oxygen atoms in total. The number of carbonyl (C=O) groups is 2. The molecular formula is C15H18N2O3. The topological polar surface area (TPSA) is 71.2 Å². The Hall–Kier alpha value is -2.30. The highest BCUT2D eigenvalue weighted by Gasteiger charge is 2.26. The SMILES string of the molecule is COC(=O)[C@@H](NC(=O)c1cccc2cc[nH]c12)C(C)C.